The molecule has 1 aromatic carbocycles. The van der Waals surface area contributed by atoms with Crippen molar-refractivity contribution in [2.45, 2.75) is 11.4 Å². The molecule has 0 radical (unpaired) electrons. The smallest absolute Gasteiger partial charge is 0.281 e. The van der Waals surface area contributed by atoms with Crippen LogP contribution >= 0.6 is 0 Å². The maximum Gasteiger partial charge on any atom is 0.281 e. The number of rotatable bonds is 4. The first-order chi connectivity index (χ1) is 14.3. The van der Waals surface area contributed by atoms with E-state index in [0.29, 0.717) is 5.69 Å². The van der Waals surface area contributed by atoms with Gasteiger partial charge in [-0.1, -0.05) is 12.1 Å². The molecule has 1 aliphatic rings. The molecule has 0 fully saturated rings. The molecule has 30 heavy (non-hydrogen) atoms. The molecule has 9 heteroatoms. The molecule has 4 heterocycles. The highest BCUT2D eigenvalue weighted by atomic mass is 32.2. The number of benzene rings is 1. The molecule has 0 unspecified atom stereocenters. The Morgan fingerprint density at radius 1 is 1.07 bits per heavy atom. The van der Waals surface area contributed by atoms with Gasteiger partial charge in [0.1, 0.15) is 5.65 Å². The molecular weight excluding hydrogens is 400 g/mol. The fourth-order valence-corrected chi connectivity index (χ4v) is 5.21. The van der Waals surface area contributed by atoms with Crippen molar-refractivity contribution in [2.75, 3.05) is 23.2 Å². The zero-order valence-corrected chi connectivity index (χ0v) is 17.8. The Balaban J connectivity index is 1.70. The minimum absolute atomic E-state index is 0.0188. The van der Waals surface area contributed by atoms with Crippen LogP contribution in [0.5, 0.6) is 0 Å². The lowest BCUT2D eigenvalue weighted by atomic mass is 9.97. The molecule has 154 valence electrons. The van der Waals surface area contributed by atoms with Gasteiger partial charge in [-0.2, -0.15) is 13.5 Å². The number of aryl methyl sites for hydroxylation is 2. The number of anilines is 2. The van der Waals surface area contributed by atoms with Crippen LogP contribution in [-0.4, -0.2) is 41.3 Å². The highest BCUT2D eigenvalue weighted by Gasteiger charge is 2.24. The van der Waals surface area contributed by atoms with Crippen molar-refractivity contribution in [1.29, 1.82) is 0 Å². The summed E-state index contributed by atoms with van der Waals surface area (Å²) in [5.41, 5.74) is 5.76. The van der Waals surface area contributed by atoms with Crippen molar-refractivity contribution in [3.8, 4) is 11.1 Å². The van der Waals surface area contributed by atoms with Crippen LogP contribution in [0.2, 0.25) is 0 Å². The molecule has 0 saturated carbocycles. The molecule has 8 nitrogen and oxygen atoms in total. The van der Waals surface area contributed by atoms with Crippen LogP contribution < -0.4 is 9.62 Å². The average Bonchev–Trinajstić information content (AvgIpc) is 3.41. The van der Waals surface area contributed by atoms with E-state index in [9.17, 15) is 8.42 Å². The van der Waals surface area contributed by atoms with Crippen molar-refractivity contribution < 1.29 is 8.42 Å². The summed E-state index contributed by atoms with van der Waals surface area (Å²) in [4.78, 5) is 6.74. The number of fused-ring (bicyclic) bond motifs is 2. The Labute approximate surface area is 174 Å². The van der Waals surface area contributed by atoms with E-state index in [2.05, 4.69) is 38.9 Å². The molecule has 0 amide bonds. The Hall–Kier alpha value is -3.33. The van der Waals surface area contributed by atoms with Crippen LogP contribution in [0, 0.1) is 0 Å². The second-order valence-corrected chi connectivity index (χ2v) is 9.25. The first-order valence-corrected chi connectivity index (χ1v) is 11.1. The highest BCUT2D eigenvalue weighted by Crippen LogP contribution is 2.41. The van der Waals surface area contributed by atoms with Crippen LogP contribution in [0.15, 0.2) is 53.9 Å². The topological polar surface area (TPSA) is 85.0 Å². The average molecular weight is 423 g/mol. The molecule has 1 N–H and O–H groups in total. The van der Waals surface area contributed by atoms with Crippen molar-refractivity contribution in [3.05, 3.63) is 54.5 Å². The Kier molecular flexibility index (Phi) is 4.11. The highest BCUT2D eigenvalue weighted by molar-refractivity contribution is 7.92. The third-order valence-corrected chi connectivity index (χ3v) is 6.87. The van der Waals surface area contributed by atoms with Crippen LogP contribution in [0.4, 0.5) is 11.4 Å². The lowest BCUT2D eigenvalue weighted by molar-refractivity contribution is 0.593. The number of hydrogen-bond acceptors (Lipinski definition) is 5. The van der Waals surface area contributed by atoms with E-state index in [0.717, 1.165) is 35.1 Å². The molecule has 5 rings (SSSR count). The summed E-state index contributed by atoms with van der Waals surface area (Å²) >= 11 is 0. The van der Waals surface area contributed by atoms with Crippen LogP contribution in [0.1, 0.15) is 5.56 Å². The van der Waals surface area contributed by atoms with Gasteiger partial charge in [0.25, 0.3) is 10.0 Å². The third-order valence-electron chi connectivity index (χ3n) is 5.62. The number of likely N-dealkylation sites (N-methyl/N-ethyl adjacent to an activating group) is 1. The maximum absolute atomic E-state index is 12.9. The molecule has 0 aliphatic carbocycles. The number of nitrogens with zero attached hydrogens (tertiary/aromatic N) is 5. The van der Waals surface area contributed by atoms with Gasteiger partial charge in [0, 0.05) is 57.5 Å². The van der Waals surface area contributed by atoms with E-state index >= 15 is 0 Å². The van der Waals surface area contributed by atoms with E-state index in [-0.39, 0.29) is 5.03 Å². The van der Waals surface area contributed by atoms with Gasteiger partial charge in [0.05, 0.1) is 11.1 Å². The summed E-state index contributed by atoms with van der Waals surface area (Å²) < 4.78 is 32.0. The monoisotopic (exact) mass is 422 g/mol. The lowest BCUT2D eigenvalue weighted by Crippen LogP contribution is -2.14. The molecule has 0 atom stereocenters. The summed E-state index contributed by atoms with van der Waals surface area (Å²) in [5, 5.41) is 4.80. The molecule has 4 aromatic rings. The van der Waals surface area contributed by atoms with Crippen LogP contribution in [0.3, 0.4) is 0 Å². The number of aromatic nitrogens is 4. The predicted octanol–water partition coefficient (Wildman–Crippen LogP) is 2.77. The van der Waals surface area contributed by atoms with Crippen molar-refractivity contribution >= 4 is 32.4 Å². The van der Waals surface area contributed by atoms with Gasteiger partial charge in [-0.15, -0.1) is 0 Å². The van der Waals surface area contributed by atoms with Gasteiger partial charge in [-0.05, 0) is 35.7 Å². The van der Waals surface area contributed by atoms with Gasteiger partial charge in [0.15, 0.2) is 5.03 Å². The van der Waals surface area contributed by atoms with Crippen molar-refractivity contribution in [3.63, 3.8) is 0 Å². The van der Waals surface area contributed by atoms with Gasteiger partial charge in [0.2, 0.25) is 0 Å². The first-order valence-electron chi connectivity index (χ1n) is 9.65. The summed E-state index contributed by atoms with van der Waals surface area (Å²) in [6.45, 7) is 0.967. The van der Waals surface area contributed by atoms with Crippen molar-refractivity contribution in [2.24, 2.45) is 14.1 Å². The third kappa shape index (κ3) is 2.85. The summed E-state index contributed by atoms with van der Waals surface area (Å²) in [6.07, 6.45) is 6.19. The maximum atomic E-state index is 12.9. The summed E-state index contributed by atoms with van der Waals surface area (Å²) in [6, 6.07) is 9.44. The minimum Gasteiger partial charge on any atom is -0.374 e. The van der Waals surface area contributed by atoms with Gasteiger partial charge >= 0.3 is 0 Å². The molecule has 3 aromatic heterocycles. The van der Waals surface area contributed by atoms with Gasteiger partial charge in [-0.25, -0.2) is 4.98 Å². The van der Waals surface area contributed by atoms with E-state index < -0.39 is 10.0 Å². The van der Waals surface area contributed by atoms with E-state index in [1.54, 1.807) is 25.5 Å². The Morgan fingerprint density at radius 2 is 1.90 bits per heavy atom. The fourth-order valence-electron chi connectivity index (χ4n) is 4.17. The van der Waals surface area contributed by atoms with Crippen LogP contribution in [0.25, 0.3) is 22.2 Å². The van der Waals surface area contributed by atoms with Gasteiger partial charge < -0.3 is 9.47 Å². The fraction of sp³-hybridized carbons (Fsp3) is 0.238. The van der Waals surface area contributed by atoms with E-state index in [1.807, 2.05) is 23.9 Å². The van der Waals surface area contributed by atoms with E-state index in [4.69, 9.17) is 0 Å². The zero-order valence-electron chi connectivity index (χ0n) is 17.0. The molecule has 1 aliphatic heterocycles. The Bertz CT molecular complexity index is 1390. The normalized spacial score (nSPS) is 13.8. The summed E-state index contributed by atoms with van der Waals surface area (Å²) in [7, 11) is 1.88. The minimum atomic E-state index is -3.82. The molecule has 0 spiro atoms. The number of sulfonamides is 1. The second kappa shape index (κ2) is 6.60. The number of hydrogen-bond donors (Lipinski definition) is 1. The standard InChI is InChI=1S/C21H22N6O2S/c1-25-11-8-15-14(5-4-6-18(15)25)16-13-26(2)21-20(16)17(7-10-22-21)24-30(28,29)19-9-12-27(3)23-19/h4-7,9-10,12-13H,8,11H2,1-3H3,(H,22,24). The quantitative estimate of drug-likeness (QED) is 0.547. The van der Waals surface area contributed by atoms with Crippen LogP contribution in [-0.2, 0) is 30.5 Å². The largest absolute Gasteiger partial charge is 0.374 e. The summed E-state index contributed by atoms with van der Waals surface area (Å²) in [5.74, 6) is 0. The molecule has 0 saturated heterocycles. The lowest BCUT2D eigenvalue weighted by Gasteiger charge is -2.13. The Morgan fingerprint density at radius 3 is 2.67 bits per heavy atom. The van der Waals surface area contributed by atoms with Crippen molar-refractivity contribution in [1.82, 2.24) is 19.3 Å². The second-order valence-electron chi connectivity index (χ2n) is 7.62. The first kappa shape index (κ1) is 18.7. The zero-order chi connectivity index (χ0) is 21.0. The van der Waals surface area contributed by atoms with E-state index in [1.165, 1.54) is 22.0 Å². The molecular formula is C21H22N6O2S. The predicted molar refractivity (Wildman–Crippen MR) is 117 cm³/mol. The number of nitrogens with one attached hydrogen (secondary N) is 1. The number of pyridine rings is 1. The molecule has 0 bridgehead atoms. The SMILES string of the molecule is CN1CCc2c(-c3cn(C)c4nccc(NS(=O)(=O)c5ccn(C)n5)c34)cccc21. The van der Waals surface area contributed by atoms with Gasteiger partial charge in [-0.3, -0.25) is 9.40 Å².